The quantitative estimate of drug-likeness (QED) is 0.633. The van der Waals surface area contributed by atoms with Crippen LogP contribution in [0.2, 0.25) is 0 Å². The molecule has 0 bridgehead atoms. The molecule has 0 aromatic carbocycles. The van der Waals surface area contributed by atoms with E-state index in [1.54, 1.807) is 12.3 Å². The second-order valence-electron chi connectivity index (χ2n) is 4.65. The van der Waals surface area contributed by atoms with Gasteiger partial charge in [-0.15, -0.1) is 5.10 Å². The van der Waals surface area contributed by atoms with Gasteiger partial charge in [0, 0.05) is 0 Å². The molecule has 0 spiro atoms. The van der Waals surface area contributed by atoms with Gasteiger partial charge in [-0.3, -0.25) is 4.79 Å². The van der Waals surface area contributed by atoms with Crippen LogP contribution < -0.4 is 5.32 Å². The first-order chi connectivity index (χ1) is 8.16. The molecule has 1 aliphatic rings. The lowest BCUT2D eigenvalue weighted by Gasteiger charge is -2.21. The van der Waals surface area contributed by atoms with Gasteiger partial charge < -0.3 is 5.32 Å². The molecular weight excluding hydrogens is 216 g/mol. The number of piperidine rings is 1. The van der Waals surface area contributed by atoms with Crippen LogP contribution in [0.4, 0.5) is 0 Å². The third-order valence-corrected chi connectivity index (χ3v) is 2.87. The Hall–Kier alpha value is -1.49. The van der Waals surface area contributed by atoms with E-state index in [2.05, 4.69) is 15.6 Å². The Labute approximate surface area is 101 Å². The maximum Gasteiger partial charge on any atom is 0.207 e. The first-order valence-corrected chi connectivity index (χ1v) is 5.98. The van der Waals surface area contributed by atoms with Gasteiger partial charge in [-0.05, 0) is 45.9 Å². The number of carbonyl (C=O) groups is 1. The molecule has 92 valence electrons. The van der Waals surface area contributed by atoms with Gasteiger partial charge in [0.15, 0.2) is 5.69 Å². The SMILES string of the molecule is CC(C)=CC(=O)c1cn(C2CCNCC2)nn1. The number of nitrogens with one attached hydrogen (secondary N) is 1. The smallest absolute Gasteiger partial charge is 0.207 e. The minimum absolute atomic E-state index is 0.0646. The number of carbonyl (C=O) groups excluding carboxylic acids is 1. The van der Waals surface area contributed by atoms with Crippen LogP contribution in [-0.4, -0.2) is 33.9 Å². The van der Waals surface area contributed by atoms with Gasteiger partial charge >= 0.3 is 0 Å². The predicted molar refractivity (Wildman–Crippen MR) is 64.9 cm³/mol. The first-order valence-electron chi connectivity index (χ1n) is 5.98. The van der Waals surface area contributed by atoms with E-state index in [-0.39, 0.29) is 5.78 Å². The highest BCUT2D eigenvalue weighted by Gasteiger charge is 2.17. The minimum Gasteiger partial charge on any atom is -0.317 e. The number of ketones is 1. The number of hydrogen-bond donors (Lipinski definition) is 1. The maximum atomic E-state index is 11.7. The molecule has 0 amide bonds. The highest BCUT2D eigenvalue weighted by Crippen LogP contribution is 2.17. The Balaban J connectivity index is 2.09. The fourth-order valence-electron chi connectivity index (χ4n) is 1.98. The van der Waals surface area contributed by atoms with Crippen molar-refractivity contribution in [1.29, 1.82) is 0 Å². The lowest BCUT2D eigenvalue weighted by Crippen LogP contribution is -2.29. The van der Waals surface area contributed by atoms with Crippen molar-refractivity contribution in [3.05, 3.63) is 23.5 Å². The van der Waals surface area contributed by atoms with Crippen LogP contribution in [0.25, 0.3) is 0 Å². The van der Waals surface area contributed by atoms with Crippen molar-refractivity contribution < 1.29 is 4.79 Å². The molecule has 0 radical (unpaired) electrons. The lowest BCUT2D eigenvalue weighted by molar-refractivity contribution is 0.104. The van der Waals surface area contributed by atoms with Crippen molar-refractivity contribution in [2.24, 2.45) is 0 Å². The van der Waals surface area contributed by atoms with Crippen LogP contribution in [0, 0.1) is 0 Å². The number of hydrogen-bond acceptors (Lipinski definition) is 4. The number of nitrogens with zero attached hydrogens (tertiary/aromatic N) is 3. The number of aromatic nitrogens is 3. The molecule has 1 aromatic rings. The predicted octanol–water partition coefficient (Wildman–Crippen LogP) is 1.35. The number of allylic oxidation sites excluding steroid dienone is 2. The van der Waals surface area contributed by atoms with E-state index in [9.17, 15) is 4.79 Å². The summed E-state index contributed by atoms with van der Waals surface area (Å²) in [7, 11) is 0. The van der Waals surface area contributed by atoms with Crippen LogP contribution >= 0.6 is 0 Å². The average Bonchev–Trinajstić information content (AvgIpc) is 2.78. The van der Waals surface area contributed by atoms with E-state index in [0.29, 0.717) is 11.7 Å². The van der Waals surface area contributed by atoms with Gasteiger partial charge in [0.2, 0.25) is 5.78 Å². The van der Waals surface area contributed by atoms with E-state index >= 15 is 0 Å². The molecule has 5 heteroatoms. The second-order valence-corrected chi connectivity index (χ2v) is 4.65. The summed E-state index contributed by atoms with van der Waals surface area (Å²) in [6.07, 6.45) is 5.44. The van der Waals surface area contributed by atoms with Crippen molar-refractivity contribution in [3.8, 4) is 0 Å². The summed E-state index contributed by atoms with van der Waals surface area (Å²) in [5, 5.41) is 11.3. The summed E-state index contributed by atoms with van der Waals surface area (Å²) in [4.78, 5) is 11.7. The number of rotatable bonds is 3. The summed E-state index contributed by atoms with van der Waals surface area (Å²) in [6, 6.07) is 0.372. The van der Waals surface area contributed by atoms with Crippen LogP contribution in [-0.2, 0) is 0 Å². The second kappa shape index (κ2) is 5.23. The Morgan fingerprint density at radius 3 is 2.82 bits per heavy atom. The Morgan fingerprint density at radius 1 is 1.47 bits per heavy atom. The molecule has 1 aliphatic heterocycles. The van der Waals surface area contributed by atoms with Crippen LogP contribution in [0.3, 0.4) is 0 Å². The highest BCUT2D eigenvalue weighted by molar-refractivity contribution is 6.03. The van der Waals surface area contributed by atoms with E-state index in [4.69, 9.17) is 0 Å². The van der Waals surface area contributed by atoms with E-state index in [1.807, 2.05) is 18.5 Å². The first kappa shape index (κ1) is 12.0. The van der Waals surface area contributed by atoms with Crippen LogP contribution in [0.5, 0.6) is 0 Å². The molecule has 1 fully saturated rings. The molecule has 1 saturated heterocycles. The standard InChI is InChI=1S/C12H18N4O/c1-9(2)7-12(17)11-8-16(15-14-11)10-3-5-13-6-4-10/h7-8,10,13H,3-6H2,1-2H3. The maximum absolute atomic E-state index is 11.7. The fraction of sp³-hybridized carbons (Fsp3) is 0.583. The molecule has 0 saturated carbocycles. The molecule has 5 nitrogen and oxygen atoms in total. The molecule has 17 heavy (non-hydrogen) atoms. The summed E-state index contributed by atoms with van der Waals surface area (Å²) in [6.45, 7) is 5.80. The molecule has 0 atom stereocenters. The Bertz CT molecular complexity index is 425. The third kappa shape index (κ3) is 3.00. The summed E-state index contributed by atoms with van der Waals surface area (Å²) in [5.41, 5.74) is 1.41. The van der Waals surface area contributed by atoms with E-state index < -0.39 is 0 Å². The zero-order valence-electron chi connectivity index (χ0n) is 10.3. The van der Waals surface area contributed by atoms with Crippen molar-refractivity contribution in [2.75, 3.05) is 13.1 Å². The largest absolute Gasteiger partial charge is 0.317 e. The van der Waals surface area contributed by atoms with Crippen LogP contribution in [0.1, 0.15) is 43.2 Å². The van der Waals surface area contributed by atoms with Gasteiger partial charge in [-0.25, -0.2) is 4.68 Å². The van der Waals surface area contributed by atoms with E-state index in [1.165, 1.54) is 0 Å². The van der Waals surface area contributed by atoms with Crippen molar-refractivity contribution in [3.63, 3.8) is 0 Å². The zero-order chi connectivity index (χ0) is 12.3. The summed E-state index contributed by atoms with van der Waals surface area (Å²) < 4.78 is 1.83. The Morgan fingerprint density at radius 2 is 2.18 bits per heavy atom. The third-order valence-electron chi connectivity index (χ3n) is 2.87. The van der Waals surface area contributed by atoms with Crippen molar-refractivity contribution in [2.45, 2.75) is 32.7 Å². The van der Waals surface area contributed by atoms with Crippen molar-refractivity contribution in [1.82, 2.24) is 20.3 Å². The summed E-state index contributed by atoms with van der Waals surface area (Å²) in [5.74, 6) is -0.0646. The average molecular weight is 234 g/mol. The van der Waals surface area contributed by atoms with Crippen molar-refractivity contribution >= 4 is 5.78 Å². The molecule has 1 aromatic heterocycles. The van der Waals surface area contributed by atoms with Crippen LogP contribution in [0.15, 0.2) is 17.8 Å². The monoisotopic (exact) mass is 234 g/mol. The molecule has 2 rings (SSSR count). The van der Waals surface area contributed by atoms with E-state index in [0.717, 1.165) is 31.5 Å². The molecule has 1 N–H and O–H groups in total. The van der Waals surface area contributed by atoms with Gasteiger partial charge in [0.05, 0.1) is 12.2 Å². The van der Waals surface area contributed by atoms with Gasteiger partial charge in [-0.2, -0.15) is 0 Å². The normalized spacial score (nSPS) is 16.8. The molecular formula is C12H18N4O. The molecule has 0 unspecified atom stereocenters. The Kier molecular flexibility index (Phi) is 3.68. The fourth-order valence-corrected chi connectivity index (χ4v) is 1.98. The topological polar surface area (TPSA) is 59.8 Å². The highest BCUT2D eigenvalue weighted by atomic mass is 16.1. The van der Waals surface area contributed by atoms with Gasteiger partial charge in [0.25, 0.3) is 0 Å². The molecule has 0 aliphatic carbocycles. The lowest BCUT2D eigenvalue weighted by atomic mass is 10.1. The minimum atomic E-state index is -0.0646. The summed E-state index contributed by atoms with van der Waals surface area (Å²) >= 11 is 0. The zero-order valence-corrected chi connectivity index (χ0v) is 10.3. The van der Waals surface area contributed by atoms with Gasteiger partial charge in [0.1, 0.15) is 0 Å². The van der Waals surface area contributed by atoms with Gasteiger partial charge in [-0.1, -0.05) is 10.8 Å². The molecule has 2 heterocycles.